The summed E-state index contributed by atoms with van der Waals surface area (Å²) in [7, 11) is 3.73. The molecular weight excluding hydrogens is 352 g/mol. The molecule has 0 bridgehead atoms. The average Bonchev–Trinajstić information content (AvgIpc) is 2.62. The lowest BCUT2D eigenvalue weighted by Gasteiger charge is -2.25. The van der Waals surface area contributed by atoms with Crippen LogP contribution in [0.3, 0.4) is 0 Å². The zero-order valence-corrected chi connectivity index (χ0v) is 15.2. The quantitative estimate of drug-likeness (QED) is 0.590. The van der Waals surface area contributed by atoms with E-state index in [4.69, 9.17) is 0 Å². The van der Waals surface area contributed by atoms with Gasteiger partial charge in [-0.3, -0.25) is 25.0 Å². The van der Waals surface area contributed by atoms with E-state index >= 15 is 0 Å². The van der Waals surface area contributed by atoms with Gasteiger partial charge in [-0.05, 0) is 26.6 Å². The minimum Gasteiger partial charge on any atom is -0.350 e. The molecular formula is C18H20N4O5. The van der Waals surface area contributed by atoms with E-state index in [9.17, 15) is 25.0 Å². The molecule has 0 aromatic heterocycles. The third kappa shape index (κ3) is 4.64. The molecule has 9 nitrogen and oxygen atoms in total. The third-order valence-corrected chi connectivity index (χ3v) is 4.27. The van der Waals surface area contributed by atoms with Crippen LogP contribution in [0.5, 0.6) is 0 Å². The van der Waals surface area contributed by atoms with E-state index in [1.807, 2.05) is 49.3 Å². The minimum atomic E-state index is -0.730. The molecule has 0 aliphatic heterocycles. The van der Waals surface area contributed by atoms with Crippen LogP contribution in [0.1, 0.15) is 27.5 Å². The van der Waals surface area contributed by atoms with Gasteiger partial charge in [-0.25, -0.2) is 0 Å². The number of carbonyl (C=O) groups is 1. The van der Waals surface area contributed by atoms with E-state index in [0.717, 1.165) is 17.7 Å². The summed E-state index contributed by atoms with van der Waals surface area (Å²) in [5, 5.41) is 25.0. The normalized spacial score (nSPS) is 11.9. The number of nitro groups is 2. The second kappa shape index (κ2) is 8.37. The van der Waals surface area contributed by atoms with Crippen LogP contribution in [0.25, 0.3) is 0 Å². The molecule has 1 unspecified atom stereocenters. The van der Waals surface area contributed by atoms with Gasteiger partial charge in [-0.15, -0.1) is 0 Å². The zero-order valence-electron chi connectivity index (χ0n) is 15.2. The molecule has 142 valence electrons. The van der Waals surface area contributed by atoms with E-state index in [0.29, 0.717) is 0 Å². The van der Waals surface area contributed by atoms with Gasteiger partial charge in [0.05, 0.1) is 21.5 Å². The molecule has 0 heterocycles. The zero-order chi connectivity index (χ0) is 20.1. The number of nitrogens with one attached hydrogen (secondary N) is 1. The fraction of sp³-hybridized carbons (Fsp3) is 0.278. The van der Waals surface area contributed by atoms with E-state index in [2.05, 4.69) is 5.32 Å². The van der Waals surface area contributed by atoms with E-state index in [1.54, 1.807) is 0 Å². The first-order valence-corrected chi connectivity index (χ1v) is 8.15. The lowest BCUT2D eigenvalue weighted by molar-refractivity contribution is -0.395. The van der Waals surface area contributed by atoms with Crippen molar-refractivity contribution in [2.45, 2.75) is 13.0 Å². The predicted molar refractivity (Wildman–Crippen MR) is 99.7 cm³/mol. The molecule has 2 aromatic rings. The van der Waals surface area contributed by atoms with Crippen molar-refractivity contribution in [3.8, 4) is 0 Å². The van der Waals surface area contributed by atoms with Crippen LogP contribution in [0.15, 0.2) is 42.5 Å². The number of nitrogens with zero attached hydrogens (tertiary/aromatic N) is 3. The summed E-state index contributed by atoms with van der Waals surface area (Å²) >= 11 is 0. The topological polar surface area (TPSA) is 119 Å². The molecule has 2 aromatic carbocycles. The van der Waals surface area contributed by atoms with Crippen molar-refractivity contribution in [1.82, 2.24) is 10.2 Å². The monoisotopic (exact) mass is 372 g/mol. The van der Waals surface area contributed by atoms with E-state index < -0.39 is 27.1 Å². The van der Waals surface area contributed by atoms with Gasteiger partial charge in [-0.2, -0.15) is 0 Å². The summed E-state index contributed by atoms with van der Waals surface area (Å²) in [5.41, 5.74) is -0.131. The minimum absolute atomic E-state index is 0.0861. The average molecular weight is 372 g/mol. The van der Waals surface area contributed by atoms with Crippen LogP contribution >= 0.6 is 0 Å². The van der Waals surface area contributed by atoms with Gasteiger partial charge in [0, 0.05) is 18.7 Å². The maximum atomic E-state index is 12.5. The molecule has 0 fully saturated rings. The van der Waals surface area contributed by atoms with Crippen LogP contribution in [0.2, 0.25) is 0 Å². The van der Waals surface area contributed by atoms with Crippen molar-refractivity contribution in [3.05, 3.63) is 79.4 Å². The Kier molecular flexibility index (Phi) is 6.19. The van der Waals surface area contributed by atoms with Crippen molar-refractivity contribution in [3.63, 3.8) is 0 Å². The predicted octanol–water partition coefficient (Wildman–Crippen LogP) is 2.84. The third-order valence-electron chi connectivity index (χ3n) is 4.27. The van der Waals surface area contributed by atoms with Gasteiger partial charge in [0.2, 0.25) is 0 Å². The maximum Gasteiger partial charge on any atom is 0.279 e. The maximum absolute atomic E-state index is 12.5. The second-order valence-electron chi connectivity index (χ2n) is 6.25. The molecule has 9 heteroatoms. The van der Waals surface area contributed by atoms with Crippen molar-refractivity contribution >= 4 is 17.3 Å². The lowest BCUT2D eigenvalue weighted by Crippen LogP contribution is -2.34. The fourth-order valence-electron chi connectivity index (χ4n) is 2.76. The summed E-state index contributed by atoms with van der Waals surface area (Å²) in [4.78, 5) is 35.3. The van der Waals surface area contributed by atoms with Gasteiger partial charge >= 0.3 is 0 Å². The summed E-state index contributed by atoms with van der Waals surface area (Å²) < 4.78 is 0. The van der Waals surface area contributed by atoms with Crippen LogP contribution in [-0.2, 0) is 0 Å². The molecule has 2 rings (SSSR count). The van der Waals surface area contributed by atoms with Crippen molar-refractivity contribution < 1.29 is 14.6 Å². The Morgan fingerprint density at radius 2 is 1.59 bits per heavy atom. The molecule has 0 aliphatic carbocycles. The van der Waals surface area contributed by atoms with Gasteiger partial charge in [0.25, 0.3) is 17.3 Å². The van der Waals surface area contributed by atoms with Gasteiger partial charge in [0.15, 0.2) is 0 Å². The Balaban J connectivity index is 2.27. The number of nitro benzene ring substituents is 2. The number of rotatable bonds is 7. The first-order valence-electron chi connectivity index (χ1n) is 8.15. The largest absolute Gasteiger partial charge is 0.350 e. The molecule has 1 atom stereocenters. The second-order valence-corrected chi connectivity index (χ2v) is 6.25. The van der Waals surface area contributed by atoms with Crippen molar-refractivity contribution in [2.75, 3.05) is 20.6 Å². The first-order chi connectivity index (χ1) is 12.7. The number of carbonyl (C=O) groups excluding carboxylic acids is 1. The highest BCUT2D eigenvalue weighted by molar-refractivity contribution is 5.96. The summed E-state index contributed by atoms with van der Waals surface area (Å²) in [6.45, 7) is 1.53. The molecule has 0 radical (unpaired) electrons. The Labute approximate surface area is 155 Å². The number of hydrogen-bond acceptors (Lipinski definition) is 6. The number of likely N-dealkylation sites (N-methyl/N-ethyl adjacent to an activating group) is 1. The SMILES string of the molecule is Cc1c([N+](=O)[O-])cc(C(=O)NCC(c2ccccc2)N(C)C)cc1[N+](=O)[O-]. The highest BCUT2D eigenvalue weighted by Crippen LogP contribution is 2.29. The van der Waals surface area contributed by atoms with Gasteiger partial charge in [0.1, 0.15) is 5.56 Å². The Morgan fingerprint density at radius 3 is 2.04 bits per heavy atom. The summed E-state index contributed by atoms with van der Waals surface area (Å²) in [6.07, 6.45) is 0. The molecule has 27 heavy (non-hydrogen) atoms. The first kappa shape index (κ1) is 20.0. The summed E-state index contributed by atoms with van der Waals surface area (Å²) in [5.74, 6) is -0.607. The Bertz CT molecular complexity index is 832. The van der Waals surface area contributed by atoms with Gasteiger partial charge in [-0.1, -0.05) is 30.3 Å². The van der Waals surface area contributed by atoms with Crippen molar-refractivity contribution in [1.29, 1.82) is 0 Å². The molecule has 0 saturated heterocycles. The van der Waals surface area contributed by atoms with Crippen LogP contribution < -0.4 is 5.32 Å². The standard InChI is InChI=1S/C18H20N4O5/c1-12-15(21(24)25)9-14(10-16(12)22(26)27)18(23)19-11-17(20(2)3)13-7-5-4-6-8-13/h4-10,17H,11H2,1-3H3,(H,19,23). The summed E-state index contributed by atoms with van der Waals surface area (Å²) in [6, 6.07) is 11.5. The van der Waals surface area contributed by atoms with E-state index in [1.165, 1.54) is 6.92 Å². The van der Waals surface area contributed by atoms with Crippen LogP contribution in [-0.4, -0.2) is 41.3 Å². The highest BCUT2D eigenvalue weighted by Gasteiger charge is 2.25. The molecule has 0 aliphatic rings. The Hall–Kier alpha value is -3.33. The molecule has 0 spiro atoms. The van der Waals surface area contributed by atoms with Gasteiger partial charge < -0.3 is 10.2 Å². The molecule has 0 saturated carbocycles. The number of amides is 1. The number of benzene rings is 2. The molecule has 1 N–H and O–H groups in total. The van der Waals surface area contributed by atoms with Crippen molar-refractivity contribution in [2.24, 2.45) is 0 Å². The Morgan fingerprint density at radius 1 is 1.07 bits per heavy atom. The lowest BCUT2D eigenvalue weighted by atomic mass is 10.0. The highest BCUT2D eigenvalue weighted by atomic mass is 16.6. The van der Waals surface area contributed by atoms with Crippen LogP contribution in [0.4, 0.5) is 11.4 Å². The molecule has 1 amide bonds. The van der Waals surface area contributed by atoms with Crippen LogP contribution in [0, 0.1) is 27.2 Å². The fourth-order valence-corrected chi connectivity index (χ4v) is 2.76. The number of hydrogen-bond donors (Lipinski definition) is 1. The smallest absolute Gasteiger partial charge is 0.279 e. The van der Waals surface area contributed by atoms with E-state index in [-0.39, 0.29) is 23.7 Å².